The second-order valence-electron chi connectivity index (χ2n) is 6.65. The van der Waals surface area contributed by atoms with E-state index in [1.807, 2.05) is 30.3 Å². The molecule has 0 spiro atoms. The Morgan fingerprint density at radius 2 is 1.64 bits per heavy atom. The minimum absolute atomic E-state index is 0.113. The van der Waals surface area contributed by atoms with Gasteiger partial charge in [0.15, 0.2) is 0 Å². The highest BCUT2D eigenvalue weighted by Gasteiger charge is 2.31. The molecule has 1 amide bonds. The summed E-state index contributed by atoms with van der Waals surface area (Å²) >= 11 is 5.84. The van der Waals surface area contributed by atoms with Crippen LogP contribution in [0.5, 0.6) is 5.75 Å². The number of piperazine rings is 1. The fraction of sp³-hybridized carbons (Fsp3) is 0.250. The summed E-state index contributed by atoms with van der Waals surface area (Å²) in [6, 6.07) is 13.7. The Hall–Kier alpha value is -2.35. The molecular weight excluding hydrogens is 400 g/mol. The van der Waals surface area contributed by atoms with Crippen LogP contribution in [-0.4, -0.2) is 56.3 Å². The molecule has 28 heavy (non-hydrogen) atoms. The maximum atomic E-state index is 12.8. The number of hydrogen-bond donors (Lipinski definition) is 0. The van der Waals surface area contributed by atoms with Crippen molar-refractivity contribution in [3.05, 3.63) is 64.7 Å². The quantitative estimate of drug-likeness (QED) is 0.768. The van der Waals surface area contributed by atoms with Crippen LogP contribution in [0.15, 0.2) is 59.0 Å². The van der Waals surface area contributed by atoms with Gasteiger partial charge in [0.05, 0.1) is 10.5 Å². The lowest BCUT2D eigenvalue weighted by Crippen LogP contribution is -2.51. The van der Waals surface area contributed by atoms with Gasteiger partial charge in [-0.2, -0.15) is 4.31 Å². The Kier molecular flexibility index (Phi) is 5.14. The average molecular weight is 419 g/mol. The molecule has 6 nitrogen and oxygen atoms in total. The molecule has 1 saturated heterocycles. The summed E-state index contributed by atoms with van der Waals surface area (Å²) in [6.07, 6.45) is 1.85. The third-order valence-corrected chi connectivity index (χ3v) is 7.05. The monoisotopic (exact) mass is 418 g/mol. The summed E-state index contributed by atoms with van der Waals surface area (Å²) in [5, 5.41) is 0.485. The Labute approximate surface area is 169 Å². The number of fused-ring (bicyclic) bond motifs is 1. The fourth-order valence-electron chi connectivity index (χ4n) is 3.33. The van der Waals surface area contributed by atoms with Crippen LogP contribution < -0.4 is 4.74 Å². The topological polar surface area (TPSA) is 66.9 Å². The number of ether oxygens (including phenoxy) is 1. The summed E-state index contributed by atoms with van der Waals surface area (Å²) in [5.41, 5.74) is 1.45. The number of para-hydroxylation sites is 1. The first-order valence-corrected chi connectivity index (χ1v) is 10.7. The number of carbonyl (C=O) groups excluding carboxylic acids is 1. The van der Waals surface area contributed by atoms with Crippen molar-refractivity contribution in [3.8, 4) is 5.75 Å². The van der Waals surface area contributed by atoms with Gasteiger partial charge < -0.3 is 9.64 Å². The molecule has 0 saturated carbocycles. The SMILES string of the molecule is O=C(C1=Cc2ccccc2OC1)N1CCN(S(=O)(=O)c2ccc(Cl)cc2)CC1. The molecule has 2 aliphatic heterocycles. The van der Waals surface area contributed by atoms with Crippen LogP contribution in [0.25, 0.3) is 6.08 Å². The Bertz CT molecular complexity index is 1030. The van der Waals surface area contributed by atoms with Gasteiger partial charge in [0.2, 0.25) is 10.0 Å². The lowest BCUT2D eigenvalue weighted by atomic mass is 10.1. The summed E-state index contributed by atoms with van der Waals surface area (Å²) in [5.74, 6) is 0.649. The number of rotatable bonds is 3. The number of halogens is 1. The second kappa shape index (κ2) is 7.58. The maximum absolute atomic E-state index is 12.8. The van der Waals surface area contributed by atoms with Crippen molar-refractivity contribution in [1.29, 1.82) is 0 Å². The third-order valence-electron chi connectivity index (χ3n) is 4.88. The predicted octanol–water partition coefficient (Wildman–Crippen LogP) is 2.65. The van der Waals surface area contributed by atoms with Gasteiger partial charge in [-0.3, -0.25) is 4.79 Å². The maximum Gasteiger partial charge on any atom is 0.253 e. The van der Waals surface area contributed by atoms with Gasteiger partial charge in [0.1, 0.15) is 12.4 Å². The van der Waals surface area contributed by atoms with E-state index in [9.17, 15) is 13.2 Å². The van der Waals surface area contributed by atoms with E-state index in [2.05, 4.69) is 0 Å². The molecular formula is C20H19ClN2O4S. The highest BCUT2D eigenvalue weighted by Crippen LogP contribution is 2.27. The molecule has 2 aromatic carbocycles. The van der Waals surface area contributed by atoms with Crippen LogP contribution in [0.1, 0.15) is 5.56 Å². The third kappa shape index (κ3) is 3.65. The number of hydrogen-bond acceptors (Lipinski definition) is 4. The van der Waals surface area contributed by atoms with Crippen LogP contribution in [0, 0.1) is 0 Å². The van der Waals surface area contributed by atoms with Crippen molar-refractivity contribution in [1.82, 2.24) is 9.21 Å². The molecule has 8 heteroatoms. The van der Waals surface area contributed by atoms with E-state index >= 15 is 0 Å². The number of benzene rings is 2. The van der Waals surface area contributed by atoms with Gasteiger partial charge in [-0.05, 0) is 36.4 Å². The molecule has 1 fully saturated rings. The van der Waals surface area contributed by atoms with Crippen LogP contribution in [0.3, 0.4) is 0 Å². The van der Waals surface area contributed by atoms with E-state index < -0.39 is 10.0 Å². The van der Waals surface area contributed by atoms with E-state index in [1.54, 1.807) is 17.0 Å². The van der Waals surface area contributed by atoms with Crippen LogP contribution in [-0.2, 0) is 14.8 Å². The van der Waals surface area contributed by atoms with Crippen molar-refractivity contribution in [2.75, 3.05) is 32.8 Å². The highest BCUT2D eigenvalue weighted by atomic mass is 35.5. The van der Waals surface area contributed by atoms with E-state index in [4.69, 9.17) is 16.3 Å². The zero-order valence-corrected chi connectivity index (χ0v) is 16.6. The highest BCUT2D eigenvalue weighted by molar-refractivity contribution is 7.89. The fourth-order valence-corrected chi connectivity index (χ4v) is 4.88. The summed E-state index contributed by atoms with van der Waals surface area (Å²) < 4.78 is 32.6. The first-order chi connectivity index (χ1) is 13.4. The molecule has 0 bridgehead atoms. The lowest BCUT2D eigenvalue weighted by molar-refractivity contribution is -0.128. The second-order valence-corrected chi connectivity index (χ2v) is 9.02. The van der Waals surface area contributed by atoms with E-state index in [1.165, 1.54) is 16.4 Å². The van der Waals surface area contributed by atoms with Crippen LogP contribution >= 0.6 is 11.6 Å². The smallest absolute Gasteiger partial charge is 0.253 e. The minimum atomic E-state index is -3.60. The largest absolute Gasteiger partial charge is 0.488 e. The molecule has 0 N–H and O–H groups in total. The van der Waals surface area contributed by atoms with Gasteiger partial charge in [-0.1, -0.05) is 29.8 Å². The van der Waals surface area contributed by atoms with Crippen LogP contribution in [0.4, 0.5) is 0 Å². The number of nitrogens with zero attached hydrogens (tertiary/aromatic N) is 2. The molecule has 2 aliphatic rings. The molecule has 0 radical (unpaired) electrons. The molecule has 2 heterocycles. The summed E-state index contributed by atoms with van der Waals surface area (Å²) in [6.45, 7) is 1.40. The summed E-state index contributed by atoms with van der Waals surface area (Å²) in [7, 11) is -3.60. The molecule has 0 atom stereocenters. The zero-order valence-electron chi connectivity index (χ0n) is 15.0. The average Bonchev–Trinajstić information content (AvgIpc) is 2.73. The van der Waals surface area contributed by atoms with Gasteiger partial charge in [-0.25, -0.2) is 8.42 Å². The minimum Gasteiger partial charge on any atom is -0.488 e. The molecule has 0 unspecified atom stereocenters. The Morgan fingerprint density at radius 3 is 2.36 bits per heavy atom. The van der Waals surface area contributed by atoms with Crippen molar-refractivity contribution in [3.63, 3.8) is 0 Å². The molecule has 0 aliphatic carbocycles. The number of sulfonamides is 1. The lowest BCUT2D eigenvalue weighted by Gasteiger charge is -2.34. The first kappa shape index (κ1) is 19.0. The summed E-state index contributed by atoms with van der Waals surface area (Å²) in [4.78, 5) is 14.7. The van der Waals surface area contributed by atoms with Crippen molar-refractivity contribution in [2.45, 2.75) is 4.90 Å². The molecule has 0 aromatic heterocycles. The van der Waals surface area contributed by atoms with Gasteiger partial charge >= 0.3 is 0 Å². The Balaban J connectivity index is 1.44. The van der Waals surface area contributed by atoms with E-state index in [0.717, 1.165) is 11.3 Å². The van der Waals surface area contributed by atoms with Gasteiger partial charge in [0, 0.05) is 36.8 Å². The molecule has 2 aromatic rings. The van der Waals surface area contributed by atoms with Crippen molar-refractivity contribution in [2.24, 2.45) is 0 Å². The zero-order chi connectivity index (χ0) is 19.7. The number of carbonyl (C=O) groups is 1. The van der Waals surface area contributed by atoms with Gasteiger partial charge in [0.25, 0.3) is 5.91 Å². The Morgan fingerprint density at radius 1 is 0.964 bits per heavy atom. The van der Waals surface area contributed by atoms with Gasteiger partial charge in [-0.15, -0.1) is 0 Å². The predicted molar refractivity (Wildman–Crippen MR) is 107 cm³/mol. The number of amides is 1. The van der Waals surface area contributed by atoms with E-state index in [-0.39, 0.29) is 30.5 Å². The van der Waals surface area contributed by atoms with Crippen molar-refractivity contribution >= 4 is 33.6 Å². The molecule has 4 rings (SSSR count). The first-order valence-electron chi connectivity index (χ1n) is 8.92. The van der Waals surface area contributed by atoms with Crippen LogP contribution in [0.2, 0.25) is 5.02 Å². The van der Waals surface area contributed by atoms with E-state index in [0.29, 0.717) is 23.7 Å². The standard InChI is InChI=1S/C20H19ClN2O4S/c21-17-5-7-18(8-6-17)28(25,26)23-11-9-22(10-12-23)20(24)16-13-15-3-1-2-4-19(15)27-14-16/h1-8,13H,9-12,14H2. The van der Waals surface area contributed by atoms with Crippen molar-refractivity contribution < 1.29 is 17.9 Å². The molecule has 146 valence electrons. The normalized spacial score (nSPS) is 17.5.